The molecule has 0 aromatic carbocycles. The van der Waals surface area contributed by atoms with E-state index in [0.717, 1.165) is 25.9 Å². The van der Waals surface area contributed by atoms with Crippen molar-refractivity contribution in [2.75, 3.05) is 13.1 Å². The lowest BCUT2D eigenvalue weighted by atomic mass is 9.92. The largest absolute Gasteiger partial charge is 0.350 e. The third-order valence-electron chi connectivity index (χ3n) is 4.58. The lowest BCUT2D eigenvalue weighted by molar-refractivity contribution is -0.129. The SMILES string of the molecule is CCC(C)(C)NC(=O)C(C)N1CC(CN)CCC1C. The molecule has 0 bridgehead atoms. The Morgan fingerprint density at radius 3 is 2.63 bits per heavy atom. The van der Waals surface area contributed by atoms with E-state index in [1.54, 1.807) is 0 Å². The molecule has 1 aliphatic rings. The topological polar surface area (TPSA) is 58.4 Å². The first kappa shape index (κ1) is 16.4. The zero-order valence-corrected chi connectivity index (χ0v) is 13.2. The molecule has 1 heterocycles. The van der Waals surface area contributed by atoms with Crippen molar-refractivity contribution in [2.24, 2.45) is 11.7 Å². The maximum Gasteiger partial charge on any atom is 0.237 e. The lowest BCUT2D eigenvalue weighted by Crippen LogP contribution is -2.56. The Bertz CT molecular complexity index is 304. The molecule has 1 aliphatic heterocycles. The van der Waals surface area contributed by atoms with Crippen LogP contribution in [0, 0.1) is 5.92 Å². The van der Waals surface area contributed by atoms with Crippen LogP contribution in [0.2, 0.25) is 0 Å². The van der Waals surface area contributed by atoms with Crippen LogP contribution in [0.1, 0.15) is 53.9 Å². The minimum absolute atomic E-state index is 0.0739. The molecule has 4 heteroatoms. The minimum atomic E-state index is -0.127. The van der Waals surface area contributed by atoms with Gasteiger partial charge in [0.2, 0.25) is 5.91 Å². The highest BCUT2D eigenvalue weighted by atomic mass is 16.2. The second-order valence-corrected chi connectivity index (χ2v) is 6.63. The predicted molar refractivity (Wildman–Crippen MR) is 79.9 cm³/mol. The Morgan fingerprint density at radius 1 is 1.47 bits per heavy atom. The number of carbonyl (C=O) groups excluding carboxylic acids is 1. The molecule has 1 rings (SSSR count). The van der Waals surface area contributed by atoms with Crippen LogP contribution in [-0.2, 0) is 4.79 Å². The monoisotopic (exact) mass is 269 g/mol. The van der Waals surface area contributed by atoms with Crippen LogP contribution in [0.25, 0.3) is 0 Å². The Labute approximate surface area is 118 Å². The van der Waals surface area contributed by atoms with Crippen molar-refractivity contribution < 1.29 is 4.79 Å². The third-order valence-corrected chi connectivity index (χ3v) is 4.58. The fourth-order valence-electron chi connectivity index (χ4n) is 2.62. The molecule has 1 saturated heterocycles. The number of rotatable bonds is 5. The highest BCUT2D eigenvalue weighted by molar-refractivity contribution is 5.82. The number of hydrogen-bond acceptors (Lipinski definition) is 3. The normalized spacial score (nSPS) is 27.1. The fourth-order valence-corrected chi connectivity index (χ4v) is 2.62. The van der Waals surface area contributed by atoms with Crippen molar-refractivity contribution >= 4 is 5.91 Å². The number of hydrogen-bond donors (Lipinski definition) is 2. The Hall–Kier alpha value is -0.610. The van der Waals surface area contributed by atoms with Crippen LogP contribution in [-0.4, -0.2) is 41.5 Å². The zero-order chi connectivity index (χ0) is 14.6. The molecule has 3 atom stereocenters. The van der Waals surface area contributed by atoms with Crippen LogP contribution in [0.15, 0.2) is 0 Å². The molecule has 0 aromatic heterocycles. The molecular formula is C15H31N3O. The van der Waals surface area contributed by atoms with Crippen molar-refractivity contribution in [1.29, 1.82) is 0 Å². The smallest absolute Gasteiger partial charge is 0.237 e. The van der Waals surface area contributed by atoms with Crippen LogP contribution < -0.4 is 11.1 Å². The van der Waals surface area contributed by atoms with Gasteiger partial charge in [0.1, 0.15) is 0 Å². The van der Waals surface area contributed by atoms with Gasteiger partial charge < -0.3 is 11.1 Å². The van der Waals surface area contributed by atoms with E-state index < -0.39 is 0 Å². The molecule has 1 fully saturated rings. The zero-order valence-electron chi connectivity index (χ0n) is 13.2. The van der Waals surface area contributed by atoms with Gasteiger partial charge in [0.05, 0.1) is 6.04 Å². The second kappa shape index (κ2) is 6.71. The van der Waals surface area contributed by atoms with E-state index in [1.807, 2.05) is 6.92 Å². The van der Waals surface area contributed by atoms with Gasteiger partial charge in [-0.1, -0.05) is 6.92 Å². The number of nitrogens with two attached hydrogens (primary N) is 1. The van der Waals surface area contributed by atoms with E-state index in [4.69, 9.17) is 5.73 Å². The molecule has 0 aromatic rings. The van der Waals surface area contributed by atoms with E-state index >= 15 is 0 Å². The summed E-state index contributed by atoms with van der Waals surface area (Å²) in [6.07, 6.45) is 3.26. The van der Waals surface area contributed by atoms with Gasteiger partial charge in [0.15, 0.2) is 0 Å². The van der Waals surface area contributed by atoms with Gasteiger partial charge in [-0.3, -0.25) is 9.69 Å². The van der Waals surface area contributed by atoms with E-state index in [1.165, 1.54) is 6.42 Å². The van der Waals surface area contributed by atoms with Crippen LogP contribution >= 0.6 is 0 Å². The summed E-state index contributed by atoms with van der Waals surface area (Å²) in [6, 6.07) is 0.392. The van der Waals surface area contributed by atoms with E-state index in [-0.39, 0.29) is 17.5 Å². The molecule has 0 spiro atoms. The maximum atomic E-state index is 12.4. The Balaban J connectivity index is 2.64. The lowest BCUT2D eigenvalue weighted by Gasteiger charge is -2.41. The fraction of sp³-hybridized carbons (Fsp3) is 0.933. The van der Waals surface area contributed by atoms with E-state index in [9.17, 15) is 4.79 Å². The van der Waals surface area contributed by atoms with E-state index in [0.29, 0.717) is 12.0 Å². The number of nitrogens with zero attached hydrogens (tertiary/aromatic N) is 1. The van der Waals surface area contributed by atoms with Gasteiger partial charge in [0.25, 0.3) is 0 Å². The average molecular weight is 269 g/mol. The van der Waals surface area contributed by atoms with Gasteiger partial charge >= 0.3 is 0 Å². The first-order valence-corrected chi connectivity index (χ1v) is 7.58. The second-order valence-electron chi connectivity index (χ2n) is 6.63. The van der Waals surface area contributed by atoms with Crippen LogP contribution in [0.3, 0.4) is 0 Å². The van der Waals surface area contributed by atoms with Crippen molar-refractivity contribution in [3.05, 3.63) is 0 Å². The maximum absolute atomic E-state index is 12.4. The highest BCUT2D eigenvalue weighted by Crippen LogP contribution is 2.23. The molecule has 0 saturated carbocycles. The summed E-state index contributed by atoms with van der Waals surface area (Å²) in [7, 11) is 0. The molecule has 4 nitrogen and oxygen atoms in total. The summed E-state index contributed by atoms with van der Waals surface area (Å²) < 4.78 is 0. The van der Waals surface area contributed by atoms with Crippen LogP contribution in [0.4, 0.5) is 0 Å². The molecule has 0 aliphatic carbocycles. The summed E-state index contributed by atoms with van der Waals surface area (Å²) in [5, 5.41) is 3.14. The van der Waals surface area contributed by atoms with Crippen molar-refractivity contribution in [3.63, 3.8) is 0 Å². The van der Waals surface area contributed by atoms with E-state index in [2.05, 4.69) is 37.9 Å². The summed E-state index contributed by atoms with van der Waals surface area (Å²) in [4.78, 5) is 14.7. The molecule has 0 radical (unpaired) electrons. The van der Waals surface area contributed by atoms with Crippen LogP contribution in [0.5, 0.6) is 0 Å². The summed E-state index contributed by atoms with van der Waals surface area (Å²) in [5.41, 5.74) is 5.66. The van der Waals surface area contributed by atoms with Gasteiger partial charge in [-0.15, -0.1) is 0 Å². The quantitative estimate of drug-likeness (QED) is 0.799. The summed E-state index contributed by atoms with van der Waals surface area (Å²) in [6.45, 7) is 12.1. The van der Waals surface area contributed by atoms with Gasteiger partial charge in [-0.2, -0.15) is 0 Å². The van der Waals surface area contributed by atoms with Gasteiger partial charge in [-0.25, -0.2) is 0 Å². The third kappa shape index (κ3) is 4.46. The number of piperidine rings is 1. The standard InChI is InChI=1S/C15H31N3O/c1-6-15(4,5)17-14(19)12(3)18-10-13(9-16)8-7-11(18)2/h11-13H,6-10,16H2,1-5H3,(H,17,19). The Kier molecular flexibility index (Phi) is 5.81. The first-order valence-electron chi connectivity index (χ1n) is 7.58. The number of amides is 1. The minimum Gasteiger partial charge on any atom is -0.350 e. The first-order chi connectivity index (χ1) is 8.80. The van der Waals surface area contributed by atoms with Gasteiger partial charge in [-0.05, 0) is 59.4 Å². The Morgan fingerprint density at radius 2 is 2.11 bits per heavy atom. The molecular weight excluding hydrogens is 238 g/mol. The number of nitrogens with one attached hydrogen (secondary N) is 1. The van der Waals surface area contributed by atoms with Crippen molar-refractivity contribution in [2.45, 2.75) is 71.5 Å². The molecule has 3 unspecified atom stereocenters. The summed E-state index contributed by atoms with van der Waals surface area (Å²) in [5.74, 6) is 0.669. The average Bonchev–Trinajstić information content (AvgIpc) is 2.38. The molecule has 3 N–H and O–H groups in total. The number of carbonyl (C=O) groups is 1. The van der Waals surface area contributed by atoms with Crippen molar-refractivity contribution in [1.82, 2.24) is 10.2 Å². The number of likely N-dealkylation sites (tertiary alicyclic amines) is 1. The highest BCUT2D eigenvalue weighted by Gasteiger charge is 2.32. The van der Waals surface area contributed by atoms with Gasteiger partial charge in [0, 0.05) is 18.1 Å². The summed E-state index contributed by atoms with van der Waals surface area (Å²) >= 11 is 0. The van der Waals surface area contributed by atoms with Crippen molar-refractivity contribution in [3.8, 4) is 0 Å². The molecule has 19 heavy (non-hydrogen) atoms. The molecule has 112 valence electrons. The molecule has 1 amide bonds. The predicted octanol–water partition coefficient (Wildman–Crippen LogP) is 1.74.